The summed E-state index contributed by atoms with van der Waals surface area (Å²) in [5.41, 5.74) is 18.0. The number of nitrogens with one attached hydrogen (secondary N) is 1. The molecule has 180 valence electrons. The molecule has 0 bridgehead atoms. The lowest BCUT2D eigenvalue weighted by Crippen LogP contribution is -2.34. The molecule has 6 nitrogen and oxygen atoms in total. The molecule has 5 N–H and O–H groups in total. The van der Waals surface area contributed by atoms with E-state index in [4.69, 9.17) is 11.5 Å². The van der Waals surface area contributed by atoms with Crippen molar-refractivity contribution in [2.45, 2.75) is 6.92 Å². The van der Waals surface area contributed by atoms with Crippen molar-refractivity contribution in [3.05, 3.63) is 108 Å². The van der Waals surface area contributed by atoms with E-state index in [0.717, 1.165) is 47.2 Å². The van der Waals surface area contributed by atoms with Crippen molar-refractivity contribution in [3.63, 3.8) is 0 Å². The Hall–Kier alpha value is -4.16. The van der Waals surface area contributed by atoms with E-state index >= 15 is 0 Å². The van der Waals surface area contributed by atoms with E-state index in [-0.39, 0.29) is 0 Å². The minimum Gasteiger partial charge on any atom is -0.403 e. The molecule has 0 spiro atoms. The van der Waals surface area contributed by atoms with Crippen molar-refractivity contribution >= 4 is 22.9 Å². The molecule has 0 atom stereocenters. The van der Waals surface area contributed by atoms with E-state index in [2.05, 4.69) is 34.3 Å². The minimum absolute atomic E-state index is 0.621. The molecule has 0 aliphatic rings. The number of aromatic nitrogens is 1. The van der Waals surface area contributed by atoms with Gasteiger partial charge < -0.3 is 21.7 Å². The maximum absolute atomic E-state index is 11.2. The quantitative estimate of drug-likeness (QED) is 0.330. The van der Waals surface area contributed by atoms with Gasteiger partial charge in [-0.1, -0.05) is 66.7 Å². The first-order valence-electron chi connectivity index (χ1n) is 11.6. The number of fused-ring (bicyclic) bond motifs is 1. The molecule has 0 aliphatic heterocycles. The van der Waals surface area contributed by atoms with Gasteiger partial charge in [0, 0.05) is 54.2 Å². The minimum atomic E-state index is 0.621. The standard InChI is InChI=1S/C16H11NO.C13H22N4/c18-11-13-10-16(12-6-2-1-3-7-12)17-15-9-5-4-8-14(13)15;1-11-5-3-4-6-13(11)17(8-7-14)10-12(9-15)16-2/h1-11H;3-6,9,16H,7-8,10,14-15H2,1-2H3/b;12-9-. The second-order valence-corrected chi connectivity index (χ2v) is 8.04. The summed E-state index contributed by atoms with van der Waals surface area (Å²) in [7, 11) is 1.87. The molecular weight excluding hydrogens is 434 g/mol. The second kappa shape index (κ2) is 12.9. The SMILES string of the molecule is CN/C(=C\N)CN(CCN)c1ccccc1C.O=Cc1cc(-c2ccccc2)nc2ccccc12. The third-order valence-electron chi connectivity index (χ3n) is 5.68. The lowest BCUT2D eigenvalue weighted by atomic mass is 10.1. The fourth-order valence-corrected chi connectivity index (χ4v) is 3.84. The molecule has 35 heavy (non-hydrogen) atoms. The van der Waals surface area contributed by atoms with Crippen LogP contribution in [0.4, 0.5) is 5.69 Å². The summed E-state index contributed by atoms with van der Waals surface area (Å²) < 4.78 is 0. The number of rotatable bonds is 8. The van der Waals surface area contributed by atoms with Crippen LogP contribution in [0.2, 0.25) is 0 Å². The number of para-hydroxylation sites is 2. The molecule has 0 saturated carbocycles. The Balaban J connectivity index is 0.000000196. The monoisotopic (exact) mass is 467 g/mol. The molecule has 4 rings (SSSR count). The summed E-state index contributed by atoms with van der Waals surface area (Å²) in [5, 5.41) is 3.98. The number of benzene rings is 3. The number of pyridine rings is 1. The van der Waals surface area contributed by atoms with Crippen molar-refractivity contribution in [2.24, 2.45) is 11.5 Å². The summed E-state index contributed by atoms with van der Waals surface area (Å²) in [6.45, 7) is 4.28. The Labute approximate surface area is 207 Å². The van der Waals surface area contributed by atoms with Crippen molar-refractivity contribution in [2.75, 3.05) is 31.6 Å². The van der Waals surface area contributed by atoms with Crippen molar-refractivity contribution < 1.29 is 4.79 Å². The summed E-state index contributed by atoms with van der Waals surface area (Å²) in [5.74, 6) is 0. The van der Waals surface area contributed by atoms with E-state index in [0.29, 0.717) is 12.1 Å². The van der Waals surface area contributed by atoms with Gasteiger partial charge in [-0.2, -0.15) is 0 Å². The maximum Gasteiger partial charge on any atom is 0.150 e. The van der Waals surface area contributed by atoms with E-state index in [1.807, 2.05) is 79.8 Å². The Morgan fingerprint density at radius 3 is 2.34 bits per heavy atom. The van der Waals surface area contributed by atoms with Crippen LogP contribution in [-0.4, -0.2) is 38.0 Å². The van der Waals surface area contributed by atoms with Gasteiger partial charge in [-0.3, -0.25) is 4.79 Å². The van der Waals surface area contributed by atoms with E-state index in [1.165, 1.54) is 11.3 Å². The maximum atomic E-state index is 11.2. The first-order chi connectivity index (χ1) is 17.1. The average molecular weight is 468 g/mol. The number of aldehydes is 1. The van der Waals surface area contributed by atoms with Gasteiger partial charge in [-0.25, -0.2) is 4.98 Å². The number of carbonyl (C=O) groups excluding carboxylic acids is 1. The van der Waals surface area contributed by atoms with Crippen molar-refractivity contribution in [1.82, 2.24) is 10.3 Å². The van der Waals surface area contributed by atoms with Gasteiger partial charge in [-0.15, -0.1) is 0 Å². The van der Waals surface area contributed by atoms with Crippen LogP contribution in [0.5, 0.6) is 0 Å². The molecule has 3 aromatic carbocycles. The number of likely N-dealkylation sites (N-methyl/N-ethyl adjacent to an activating group) is 1. The number of hydrogen-bond acceptors (Lipinski definition) is 6. The Bertz CT molecular complexity index is 1270. The molecular formula is C29H33N5O. The number of aryl methyl sites for hydroxylation is 1. The lowest BCUT2D eigenvalue weighted by molar-refractivity contribution is 0.112. The molecule has 1 aromatic heterocycles. The highest BCUT2D eigenvalue weighted by Crippen LogP contribution is 2.23. The van der Waals surface area contributed by atoms with Crippen LogP contribution in [0, 0.1) is 6.92 Å². The Morgan fingerprint density at radius 2 is 1.69 bits per heavy atom. The first kappa shape index (κ1) is 25.5. The molecule has 0 aliphatic carbocycles. The first-order valence-corrected chi connectivity index (χ1v) is 11.6. The summed E-state index contributed by atoms with van der Waals surface area (Å²) in [4.78, 5) is 18.0. The van der Waals surface area contributed by atoms with Gasteiger partial charge in [0.25, 0.3) is 0 Å². The smallest absolute Gasteiger partial charge is 0.150 e. The number of carbonyl (C=O) groups is 1. The molecule has 0 amide bonds. The third-order valence-corrected chi connectivity index (χ3v) is 5.68. The van der Waals surface area contributed by atoms with Crippen LogP contribution in [0.15, 0.2) is 96.8 Å². The fraction of sp³-hybridized carbons (Fsp3) is 0.172. The van der Waals surface area contributed by atoms with Gasteiger partial charge in [0.05, 0.1) is 17.8 Å². The highest BCUT2D eigenvalue weighted by atomic mass is 16.1. The topological polar surface area (TPSA) is 97.3 Å². The second-order valence-electron chi connectivity index (χ2n) is 8.04. The van der Waals surface area contributed by atoms with Crippen LogP contribution in [0.3, 0.4) is 0 Å². The van der Waals surface area contributed by atoms with E-state index in [1.54, 1.807) is 6.20 Å². The molecule has 0 radical (unpaired) electrons. The Kier molecular flexibility index (Phi) is 9.39. The molecule has 0 saturated heterocycles. The zero-order chi connectivity index (χ0) is 25.0. The average Bonchev–Trinajstić information content (AvgIpc) is 2.91. The molecule has 4 aromatic rings. The van der Waals surface area contributed by atoms with Crippen LogP contribution in [0.25, 0.3) is 22.2 Å². The molecule has 1 heterocycles. The molecule has 0 unspecified atom stereocenters. The molecule has 6 heteroatoms. The van der Waals surface area contributed by atoms with Gasteiger partial charge in [0.15, 0.2) is 6.29 Å². The van der Waals surface area contributed by atoms with Crippen molar-refractivity contribution in [3.8, 4) is 11.3 Å². The van der Waals surface area contributed by atoms with Crippen LogP contribution < -0.4 is 21.7 Å². The summed E-state index contributed by atoms with van der Waals surface area (Å²) >= 11 is 0. The highest BCUT2D eigenvalue weighted by Gasteiger charge is 2.09. The summed E-state index contributed by atoms with van der Waals surface area (Å²) in [6, 6.07) is 27.7. The zero-order valence-corrected chi connectivity index (χ0v) is 20.3. The number of anilines is 1. The zero-order valence-electron chi connectivity index (χ0n) is 20.3. The van der Waals surface area contributed by atoms with Crippen LogP contribution in [-0.2, 0) is 0 Å². The van der Waals surface area contributed by atoms with Gasteiger partial charge in [-0.05, 0) is 30.7 Å². The predicted octanol–water partition coefficient (Wildman–Crippen LogP) is 4.49. The summed E-state index contributed by atoms with van der Waals surface area (Å²) in [6.07, 6.45) is 2.48. The number of hydrogen-bond donors (Lipinski definition) is 3. The molecule has 0 fully saturated rings. The van der Waals surface area contributed by atoms with E-state index in [9.17, 15) is 4.79 Å². The normalized spacial score (nSPS) is 10.9. The van der Waals surface area contributed by atoms with Crippen LogP contribution >= 0.6 is 0 Å². The van der Waals surface area contributed by atoms with Crippen LogP contribution in [0.1, 0.15) is 15.9 Å². The third kappa shape index (κ3) is 6.68. The number of nitrogens with two attached hydrogens (primary N) is 2. The largest absolute Gasteiger partial charge is 0.403 e. The van der Waals surface area contributed by atoms with Gasteiger partial charge in [0.2, 0.25) is 0 Å². The van der Waals surface area contributed by atoms with Gasteiger partial charge >= 0.3 is 0 Å². The van der Waals surface area contributed by atoms with Gasteiger partial charge in [0.1, 0.15) is 0 Å². The highest BCUT2D eigenvalue weighted by molar-refractivity contribution is 5.98. The van der Waals surface area contributed by atoms with Crippen molar-refractivity contribution in [1.29, 1.82) is 0 Å². The predicted molar refractivity (Wildman–Crippen MR) is 146 cm³/mol. The fourth-order valence-electron chi connectivity index (χ4n) is 3.84. The van der Waals surface area contributed by atoms with E-state index < -0.39 is 0 Å². The Morgan fingerprint density at radius 1 is 1.00 bits per heavy atom. The number of nitrogens with zero attached hydrogens (tertiary/aromatic N) is 2. The lowest BCUT2D eigenvalue weighted by Gasteiger charge is -2.26.